The third kappa shape index (κ3) is 3.45. The highest BCUT2D eigenvalue weighted by Crippen LogP contribution is 2.27. The lowest BCUT2D eigenvalue weighted by atomic mass is 10.1. The summed E-state index contributed by atoms with van der Waals surface area (Å²) in [5.41, 5.74) is 6.24. The van der Waals surface area contributed by atoms with Gasteiger partial charge in [0, 0.05) is 11.1 Å². The van der Waals surface area contributed by atoms with E-state index in [1.807, 2.05) is 31.2 Å². The molecule has 1 N–H and O–H groups in total. The number of hydrogen-bond acceptors (Lipinski definition) is 4. The van der Waals surface area contributed by atoms with Gasteiger partial charge < -0.3 is 4.74 Å². The van der Waals surface area contributed by atoms with Crippen molar-refractivity contribution in [2.45, 2.75) is 6.92 Å². The number of rotatable bonds is 4. The van der Waals surface area contributed by atoms with E-state index in [1.54, 1.807) is 25.5 Å². The monoisotopic (exact) mass is 309 g/mol. The molecule has 0 bridgehead atoms. The Kier molecular flexibility index (Phi) is 4.19. The molecule has 2 aromatic carbocycles. The molecule has 1 aromatic heterocycles. The summed E-state index contributed by atoms with van der Waals surface area (Å²) in [6.07, 6.45) is 1.57. The van der Waals surface area contributed by atoms with Crippen LogP contribution in [0.5, 0.6) is 5.75 Å². The van der Waals surface area contributed by atoms with Gasteiger partial charge in [0.05, 0.1) is 24.5 Å². The summed E-state index contributed by atoms with van der Waals surface area (Å²) < 4.78 is 18.4. The van der Waals surface area contributed by atoms with Crippen LogP contribution in [0.1, 0.15) is 11.3 Å². The number of halogens is 1. The first-order chi connectivity index (χ1) is 11.2. The van der Waals surface area contributed by atoms with E-state index in [-0.39, 0.29) is 5.82 Å². The lowest BCUT2D eigenvalue weighted by Crippen LogP contribution is -1.95. The molecule has 4 nitrogen and oxygen atoms in total. The van der Waals surface area contributed by atoms with Crippen molar-refractivity contribution in [3.8, 4) is 5.75 Å². The number of nitrogens with one attached hydrogen (secondary N) is 1. The van der Waals surface area contributed by atoms with Crippen LogP contribution in [0, 0.1) is 12.7 Å². The fourth-order valence-corrected chi connectivity index (χ4v) is 2.32. The van der Waals surface area contributed by atoms with Gasteiger partial charge in [0.25, 0.3) is 0 Å². The number of benzene rings is 2. The molecule has 23 heavy (non-hydrogen) atoms. The maximum atomic E-state index is 13.2. The number of ether oxygens (including phenoxy) is 1. The molecule has 0 atom stereocenters. The average molecular weight is 309 g/mol. The normalized spacial score (nSPS) is 11.1. The summed E-state index contributed by atoms with van der Waals surface area (Å²) in [5, 5.41) is 5.10. The van der Waals surface area contributed by atoms with Gasteiger partial charge in [0.2, 0.25) is 0 Å². The van der Waals surface area contributed by atoms with Gasteiger partial charge in [0.15, 0.2) is 0 Å². The molecule has 0 fully saturated rings. The summed E-state index contributed by atoms with van der Waals surface area (Å²) in [6, 6.07) is 13.8. The molecule has 0 aliphatic carbocycles. The molecule has 3 aromatic rings. The van der Waals surface area contributed by atoms with E-state index in [4.69, 9.17) is 4.74 Å². The smallest absolute Gasteiger partial charge is 0.123 e. The van der Waals surface area contributed by atoms with Crippen LogP contribution < -0.4 is 10.2 Å². The van der Waals surface area contributed by atoms with E-state index in [1.165, 1.54) is 12.1 Å². The molecule has 0 aliphatic rings. The number of aryl methyl sites for hydroxylation is 1. The summed E-state index contributed by atoms with van der Waals surface area (Å²) in [4.78, 5) is 4.49. The lowest BCUT2D eigenvalue weighted by molar-refractivity contribution is 0.415. The third-order valence-corrected chi connectivity index (χ3v) is 3.39. The predicted octanol–water partition coefficient (Wildman–Crippen LogP) is 4.14. The Morgan fingerprint density at radius 3 is 2.83 bits per heavy atom. The minimum absolute atomic E-state index is 0.288. The zero-order valence-electron chi connectivity index (χ0n) is 12.9. The second-order valence-electron chi connectivity index (χ2n) is 5.12. The number of methoxy groups -OCH3 is 1. The Morgan fingerprint density at radius 1 is 1.17 bits per heavy atom. The first kappa shape index (κ1) is 15.0. The van der Waals surface area contributed by atoms with Gasteiger partial charge in [-0.2, -0.15) is 5.10 Å². The minimum atomic E-state index is -0.288. The van der Waals surface area contributed by atoms with Crippen LogP contribution in [-0.4, -0.2) is 18.3 Å². The maximum absolute atomic E-state index is 13.2. The molecule has 0 saturated carbocycles. The van der Waals surface area contributed by atoms with E-state index in [0.29, 0.717) is 5.56 Å². The lowest BCUT2D eigenvalue weighted by Gasteiger charge is -2.08. The number of pyridine rings is 1. The molecule has 0 spiro atoms. The van der Waals surface area contributed by atoms with Crippen LogP contribution in [0.2, 0.25) is 0 Å². The standard InChI is InChI=1S/C18H16FN3O/c1-12-8-18(16-10-15(23-2)6-7-17(16)21-12)22-20-11-13-4-3-5-14(19)9-13/h3-11H,1-2H3,(H,21,22)/b20-11+. The largest absolute Gasteiger partial charge is 0.497 e. The highest BCUT2D eigenvalue weighted by molar-refractivity contribution is 5.93. The van der Waals surface area contributed by atoms with E-state index >= 15 is 0 Å². The van der Waals surface area contributed by atoms with Crippen molar-refractivity contribution in [3.05, 3.63) is 65.6 Å². The van der Waals surface area contributed by atoms with E-state index in [9.17, 15) is 4.39 Å². The maximum Gasteiger partial charge on any atom is 0.123 e. The van der Waals surface area contributed by atoms with Crippen molar-refractivity contribution in [2.24, 2.45) is 5.10 Å². The van der Waals surface area contributed by atoms with Gasteiger partial charge in [0.1, 0.15) is 11.6 Å². The molecule has 116 valence electrons. The predicted molar refractivity (Wildman–Crippen MR) is 90.6 cm³/mol. The van der Waals surface area contributed by atoms with Gasteiger partial charge in [-0.3, -0.25) is 10.4 Å². The van der Waals surface area contributed by atoms with Crippen LogP contribution in [0.15, 0.2) is 53.6 Å². The highest BCUT2D eigenvalue weighted by Gasteiger charge is 2.05. The zero-order chi connectivity index (χ0) is 16.2. The average Bonchev–Trinajstić information content (AvgIpc) is 2.54. The Labute approximate surface area is 133 Å². The van der Waals surface area contributed by atoms with Crippen molar-refractivity contribution in [2.75, 3.05) is 12.5 Å². The molecule has 0 radical (unpaired) electrons. The summed E-state index contributed by atoms with van der Waals surface area (Å²) >= 11 is 0. The number of fused-ring (bicyclic) bond motifs is 1. The first-order valence-corrected chi connectivity index (χ1v) is 7.16. The second-order valence-corrected chi connectivity index (χ2v) is 5.12. The Bertz CT molecular complexity index is 877. The molecule has 0 aliphatic heterocycles. The van der Waals surface area contributed by atoms with E-state index in [0.717, 1.165) is 28.0 Å². The highest BCUT2D eigenvalue weighted by atomic mass is 19.1. The molecule has 0 saturated heterocycles. The molecular formula is C18H16FN3O. The fraction of sp³-hybridized carbons (Fsp3) is 0.111. The van der Waals surface area contributed by atoms with Crippen LogP contribution in [-0.2, 0) is 0 Å². The quantitative estimate of drug-likeness (QED) is 0.582. The summed E-state index contributed by atoms with van der Waals surface area (Å²) in [6.45, 7) is 1.92. The second kappa shape index (κ2) is 6.44. The number of aromatic nitrogens is 1. The number of anilines is 1. The van der Waals surface area contributed by atoms with Crippen LogP contribution in [0.4, 0.5) is 10.1 Å². The Morgan fingerprint density at radius 2 is 2.04 bits per heavy atom. The Hall–Kier alpha value is -2.95. The zero-order valence-corrected chi connectivity index (χ0v) is 12.9. The molecule has 0 unspecified atom stereocenters. The molecular weight excluding hydrogens is 293 g/mol. The van der Waals surface area contributed by atoms with Gasteiger partial charge in [-0.05, 0) is 48.9 Å². The van der Waals surface area contributed by atoms with Gasteiger partial charge in [-0.25, -0.2) is 4.39 Å². The number of hydrogen-bond donors (Lipinski definition) is 1. The number of hydrazone groups is 1. The molecule has 5 heteroatoms. The van der Waals surface area contributed by atoms with E-state index in [2.05, 4.69) is 15.5 Å². The SMILES string of the molecule is COc1ccc2nc(C)cc(N/N=C/c3cccc(F)c3)c2c1. The Balaban J connectivity index is 1.92. The van der Waals surface area contributed by atoms with E-state index < -0.39 is 0 Å². The molecule has 3 rings (SSSR count). The topological polar surface area (TPSA) is 46.5 Å². The minimum Gasteiger partial charge on any atom is -0.497 e. The van der Waals surface area contributed by atoms with Crippen molar-refractivity contribution in [3.63, 3.8) is 0 Å². The summed E-state index contributed by atoms with van der Waals surface area (Å²) in [7, 11) is 1.62. The fourth-order valence-electron chi connectivity index (χ4n) is 2.32. The van der Waals surface area contributed by atoms with Crippen LogP contribution in [0.25, 0.3) is 10.9 Å². The summed E-state index contributed by atoms with van der Waals surface area (Å²) in [5.74, 6) is 0.462. The number of nitrogens with zero attached hydrogens (tertiary/aromatic N) is 2. The van der Waals surface area contributed by atoms with Crippen molar-refractivity contribution in [1.82, 2.24) is 4.98 Å². The first-order valence-electron chi connectivity index (χ1n) is 7.16. The van der Waals surface area contributed by atoms with Crippen molar-refractivity contribution < 1.29 is 9.13 Å². The van der Waals surface area contributed by atoms with Gasteiger partial charge >= 0.3 is 0 Å². The van der Waals surface area contributed by atoms with Crippen LogP contribution >= 0.6 is 0 Å². The molecule has 1 heterocycles. The van der Waals surface area contributed by atoms with Gasteiger partial charge in [-0.15, -0.1) is 0 Å². The van der Waals surface area contributed by atoms with Crippen molar-refractivity contribution in [1.29, 1.82) is 0 Å². The molecule has 0 amide bonds. The van der Waals surface area contributed by atoms with Crippen molar-refractivity contribution >= 4 is 22.8 Å². The van der Waals surface area contributed by atoms with Gasteiger partial charge in [-0.1, -0.05) is 12.1 Å². The third-order valence-electron chi connectivity index (χ3n) is 3.39. The van der Waals surface area contributed by atoms with Crippen LogP contribution in [0.3, 0.4) is 0 Å².